The van der Waals surface area contributed by atoms with E-state index < -0.39 is 5.82 Å². The topological polar surface area (TPSA) is 37.8 Å². The maximum atomic E-state index is 13.7. The third kappa shape index (κ3) is 2.40. The number of halogens is 3. The van der Waals surface area contributed by atoms with Gasteiger partial charge in [0.05, 0.1) is 5.69 Å². The Morgan fingerprint density at radius 3 is 2.50 bits per heavy atom. The summed E-state index contributed by atoms with van der Waals surface area (Å²) in [4.78, 5) is 0. The van der Waals surface area contributed by atoms with E-state index >= 15 is 0 Å². The monoisotopic (exact) mass is 307 g/mol. The van der Waals surface area contributed by atoms with Gasteiger partial charge in [-0.2, -0.15) is 0 Å². The average molecular weight is 308 g/mol. The number of nitrogens with one attached hydrogen (secondary N) is 1. The van der Waals surface area contributed by atoms with Crippen molar-refractivity contribution in [2.24, 2.45) is 0 Å². The molecule has 3 aromatic rings. The molecule has 0 bridgehead atoms. The van der Waals surface area contributed by atoms with Crippen LogP contribution < -0.4 is 5.32 Å². The Labute approximate surface area is 124 Å². The fourth-order valence-electron chi connectivity index (χ4n) is 1.88. The fourth-order valence-corrected chi connectivity index (χ4v) is 2.26. The van der Waals surface area contributed by atoms with Crippen molar-refractivity contribution in [2.45, 2.75) is 0 Å². The molecule has 1 aromatic heterocycles. The highest BCUT2D eigenvalue weighted by atomic mass is 35.5. The summed E-state index contributed by atoms with van der Waals surface area (Å²) in [6.07, 6.45) is 0. The molecule has 6 heteroatoms. The molecule has 0 aliphatic carbocycles. The summed E-state index contributed by atoms with van der Waals surface area (Å²) >= 11 is 11.9. The number of anilines is 2. The molecule has 0 aliphatic heterocycles. The number of fused-ring (bicyclic) bond motifs is 1. The molecule has 0 saturated carbocycles. The van der Waals surface area contributed by atoms with E-state index in [-0.39, 0.29) is 5.69 Å². The molecular weight excluding hydrogens is 300 g/mol. The molecule has 0 fully saturated rings. The Morgan fingerprint density at radius 2 is 1.70 bits per heavy atom. The zero-order valence-corrected chi connectivity index (χ0v) is 11.6. The molecule has 0 atom stereocenters. The van der Waals surface area contributed by atoms with E-state index in [1.54, 1.807) is 0 Å². The SMILES string of the molecule is Fc1ccc(Cl)cc1Nc1nnc(Cl)c2ccccc12. The molecule has 0 aliphatic rings. The predicted octanol–water partition coefficient (Wildman–Crippen LogP) is 4.82. The molecule has 1 heterocycles. The van der Waals surface area contributed by atoms with Gasteiger partial charge in [-0.1, -0.05) is 47.5 Å². The van der Waals surface area contributed by atoms with Crippen molar-refractivity contribution < 1.29 is 4.39 Å². The molecule has 0 saturated heterocycles. The molecule has 0 radical (unpaired) electrons. The lowest BCUT2D eigenvalue weighted by Crippen LogP contribution is -1.99. The van der Waals surface area contributed by atoms with Gasteiger partial charge in [-0.15, -0.1) is 10.2 Å². The Morgan fingerprint density at radius 1 is 0.950 bits per heavy atom. The van der Waals surface area contributed by atoms with Gasteiger partial charge in [0.2, 0.25) is 0 Å². The highest BCUT2D eigenvalue weighted by Crippen LogP contribution is 2.29. The van der Waals surface area contributed by atoms with Crippen LogP contribution in [-0.4, -0.2) is 10.2 Å². The molecule has 0 spiro atoms. The minimum atomic E-state index is -0.421. The van der Waals surface area contributed by atoms with E-state index in [0.29, 0.717) is 16.0 Å². The number of benzene rings is 2. The van der Waals surface area contributed by atoms with Crippen molar-refractivity contribution in [3.63, 3.8) is 0 Å². The lowest BCUT2D eigenvalue weighted by molar-refractivity contribution is 0.632. The van der Waals surface area contributed by atoms with Crippen LogP contribution in [-0.2, 0) is 0 Å². The van der Waals surface area contributed by atoms with Gasteiger partial charge in [-0.05, 0) is 18.2 Å². The van der Waals surface area contributed by atoms with Gasteiger partial charge in [0.25, 0.3) is 0 Å². The van der Waals surface area contributed by atoms with E-state index in [0.717, 1.165) is 10.8 Å². The third-order valence-corrected chi connectivity index (χ3v) is 3.34. The van der Waals surface area contributed by atoms with Gasteiger partial charge in [-0.3, -0.25) is 0 Å². The van der Waals surface area contributed by atoms with E-state index in [1.165, 1.54) is 18.2 Å². The van der Waals surface area contributed by atoms with Crippen LogP contribution in [0.2, 0.25) is 10.2 Å². The van der Waals surface area contributed by atoms with Crippen molar-refractivity contribution in [1.82, 2.24) is 10.2 Å². The third-order valence-electron chi connectivity index (χ3n) is 2.82. The quantitative estimate of drug-likeness (QED) is 0.737. The van der Waals surface area contributed by atoms with Crippen LogP contribution in [0.15, 0.2) is 42.5 Å². The molecule has 100 valence electrons. The molecule has 20 heavy (non-hydrogen) atoms. The average Bonchev–Trinajstić information content (AvgIpc) is 2.46. The van der Waals surface area contributed by atoms with E-state index in [9.17, 15) is 4.39 Å². The van der Waals surface area contributed by atoms with Crippen LogP contribution in [0.3, 0.4) is 0 Å². The Hall–Kier alpha value is -1.91. The molecule has 2 aromatic carbocycles. The standard InChI is InChI=1S/C14H8Cl2FN3/c15-8-5-6-11(17)12(7-8)18-14-10-4-2-1-3-9(10)13(16)19-20-14/h1-7H,(H,18,20). The first-order valence-corrected chi connectivity index (χ1v) is 6.54. The molecule has 0 amide bonds. The second kappa shape index (κ2) is 5.23. The molecule has 0 unspecified atom stereocenters. The van der Waals surface area contributed by atoms with Gasteiger partial charge in [-0.25, -0.2) is 4.39 Å². The highest BCUT2D eigenvalue weighted by Gasteiger charge is 2.10. The van der Waals surface area contributed by atoms with Crippen molar-refractivity contribution in [3.8, 4) is 0 Å². The second-order valence-corrected chi connectivity index (χ2v) is 4.93. The van der Waals surface area contributed by atoms with Crippen molar-refractivity contribution in [1.29, 1.82) is 0 Å². The lowest BCUT2D eigenvalue weighted by Gasteiger charge is -2.09. The first-order chi connectivity index (χ1) is 9.65. The molecule has 1 N–H and O–H groups in total. The van der Waals surface area contributed by atoms with Crippen LogP contribution in [0.25, 0.3) is 10.8 Å². The number of aromatic nitrogens is 2. The Balaban J connectivity index is 2.11. The number of hydrogen-bond donors (Lipinski definition) is 1. The van der Waals surface area contributed by atoms with Crippen LogP contribution >= 0.6 is 23.2 Å². The fraction of sp³-hybridized carbons (Fsp3) is 0. The number of rotatable bonds is 2. The van der Waals surface area contributed by atoms with Crippen LogP contribution in [0.4, 0.5) is 15.9 Å². The maximum Gasteiger partial charge on any atom is 0.161 e. The van der Waals surface area contributed by atoms with E-state index in [2.05, 4.69) is 15.5 Å². The van der Waals surface area contributed by atoms with Gasteiger partial charge in [0, 0.05) is 15.8 Å². The van der Waals surface area contributed by atoms with Crippen LogP contribution in [0.5, 0.6) is 0 Å². The lowest BCUT2D eigenvalue weighted by atomic mass is 10.2. The predicted molar refractivity (Wildman–Crippen MR) is 79.2 cm³/mol. The minimum Gasteiger partial charge on any atom is -0.336 e. The highest BCUT2D eigenvalue weighted by molar-refractivity contribution is 6.34. The summed E-state index contributed by atoms with van der Waals surface area (Å²) < 4.78 is 13.7. The van der Waals surface area contributed by atoms with Gasteiger partial charge >= 0.3 is 0 Å². The first-order valence-electron chi connectivity index (χ1n) is 5.78. The summed E-state index contributed by atoms with van der Waals surface area (Å²) in [5.41, 5.74) is 0.235. The second-order valence-electron chi connectivity index (χ2n) is 4.13. The number of hydrogen-bond acceptors (Lipinski definition) is 3. The first kappa shape index (κ1) is 13.1. The summed E-state index contributed by atoms with van der Waals surface area (Å²) in [6.45, 7) is 0. The van der Waals surface area contributed by atoms with Crippen LogP contribution in [0, 0.1) is 5.82 Å². The van der Waals surface area contributed by atoms with Gasteiger partial charge in [0.15, 0.2) is 11.0 Å². The zero-order chi connectivity index (χ0) is 14.1. The smallest absolute Gasteiger partial charge is 0.161 e. The Kier molecular flexibility index (Phi) is 3.42. The summed E-state index contributed by atoms with van der Waals surface area (Å²) in [5.74, 6) is 0.00129. The van der Waals surface area contributed by atoms with Crippen LogP contribution in [0.1, 0.15) is 0 Å². The Bertz CT molecular complexity index is 792. The molecule has 3 nitrogen and oxygen atoms in total. The zero-order valence-electron chi connectivity index (χ0n) is 10.1. The molecule has 3 rings (SSSR count). The summed E-state index contributed by atoms with van der Waals surface area (Å²) in [7, 11) is 0. The normalized spacial score (nSPS) is 10.8. The van der Waals surface area contributed by atoms with Gasteiger partial charge in [0.1, 0.15) is 5.82 Å². The summed E-state index contributed by atoms with van der Waals surface area (Å²) in [6, 6.07) is 11.6. The number of nitrogens with zero attached hydrogens (tertiary/aromatic N) is 2. The van der Waals surface area contributed by atoms with Gasteiger partial charge < -0.3 is 5.32 Å². The van der Waals surface area contributed by atoms with Crippen molar-refractivity contribution >= 4 is 45.5 Å². The van der Waals surface area contributed by atoms with Crippen molar-refractivity contribution in [3.05, 3.63) is 58.5 Å². The minimum absolute atomic E-state index is 0.235. The van der Waals surface area contributed by atoms with Crippen molar-refractivity contribution in [2.75, 3.05) is 5.32 Å². The maximum absolute atomic E-state index is 13.7. The van der Waals surface area contributed by atoms with E-state index in [1.807, 2.05) is 24.3 Å². The molecular formula is C14H8Cl2FN3. The largest absolute Gasteiger partial charge is 0.336 e. The van der Waals surface area contributed by atoms with E-state index in [4.69, 9.17) is 23.2 Å². The summed E-state index contributed by atoms with van der Waals surface area (Å²) in [5, 5.41) is 12.9.